The summed E-state index contributed by atoms with van der Waals surface area (Å²) >= 11 is 1.45. The lowest BCUT2D eigenvalue weighted by Gasteiger charge is -2.34. The van der Waals surface area contributed by atoms with Crippen LogP contribution in [0.2, 0.25) is 0 Å². The molecule has 3 aromatic heterocycles. The molecule has 1 aliphatic heterocycles. The van der Waals surface area contributed by atoms with Gasteiger partial charge in [0.1, 0.15) is 5.58 Å². The first-order chi connectivity index (χ1) is 14.1. The fraction of sp³-hybridized carbons (Fsp3) is 0.286. The van der Waals surface area contributed by atoms with Crippen LogP contribution in [0.4, 0.5) is 0 Å². The van der Waals surface area contributed by atoms with Crippen LogP contribution in [0.1, 0.15) is 21.8 Å². The molecule has 0 saturated carbocycles. The number of rotatable bonds is 3. The summed E-state index contributed by atoms with van der Waals surface area (Å²) in [7, 11) is 0. The molecule has 4 aromatic rings. The van der Waals surface area contributed by atoms with Gasteiger partial charge in [0.05, 0.1) is 5.69 Å². The first kappa shape index (κ1) is 18.1. The summed E-state index contributed by atoms with van der Waals surface area (Å²) in [6.45, 7) is 5.33. The molecule has 29 heavy (non-hydrogen) atoms. The predicted octanol–water partition coefficient (Wildman–Crippen LogP) is 2.77. The molecule has 0 aliphatic carbocycles. The molecule has 1 aromatic carbocycles. The smallest absolute Gasteiger partial charge is 0.289 e. The Balaban J connectivity index is 1.25. The number of amides is 1. The number of carbonyl (C=O) groups is 1. The third kappa shape index (κ3) is 3.45. The second-order valence-corrected chi connectivity index (χ2v) is 8.23. The number of fused-ring (bicyclic) bond motifs is 2. The SMILES string of the molecule is Cc1ccc2oc(C(=O)N3CCN(Cc4cc(=O)n5ccsc5n4)CC3)cc2c1. The molecule has 0 radical (unpaired) electrons. The van der Waals surface area contributed by atoms with Gasteiger partial charge in [0.2, 0.25) is 0 Å². The number of thiazole rings is 1. The van der Waals surface area contributed by atoms with Crippen LogP contribution in [-0.4, -0.2) is 51.3 Å². The summed E-state index contributed by atoms with van der Waals surface area (Å²) in [5, 5.41) is 2.81. The standard InChI is InChI=1S/C21H20N4O3S/c1-14-2-3-17-15(10-14)11-18(28-17)20(27)24-6-4-23(5-7-24)13-16-12-19(26)25-8-9-29-21(25)22-16/h2-3,8-12H,4-7,13H2,1H3. The van der Waals surface area contributed by atoms with E-state index in [1.165, 1.54) is 11.3 Å². The van der Waals surface area contributed by atoms with Gasteiger partial charge >= 0.3 is 0 Å². The summed E-state index contributed by atoms with van der Waals surface area (Å²) < 4.78 is 7.31. The van der Waals surface area contributed by atoms with E-state index in [1.54, 1.807) is 16.7 Å². The quantitative estimate of drug-likeness (QED) is 0.521. The summed E-state index contributed by atoms with van der Waals surface area (Å²) in [6.07, 6.45) is 1.74. The van der Waals surface area contributed by atoms with E-state index >= 15 is 0 Å². The fourth-order valence-corrected chi connectivity index (χ4v) is 4.47. The Kier molecular flexibility index (Phi) is 4.44. The van der Waals surface area contributed by atoms with Crippen molar-refractivity contribution in [2.24, 2.45) is 0 Å². The zero-order valence-corrected chi connectivity index (χ0v) is 16.8. The van der Waals surface area contributed by atoms with Crippen molar-refractivity contribution in [3.63, 3.8) is 0 Å². The number of aromatic nitrogens is 2. The van der Waals surface area contributed by atoms with Crippen LogP contribution in [0.5, 0.6) is 0 Å². The van der Waals surface area contributed by atoms with Crippen LogP contribution in [-0.2, 0) is 6.54 Å². The monoisotopic (exact) mass is 408 g/mol. The van der Waals surface area contributed by atoms with Crippen molar-refractivity contribution in [1.29, 1.82) is 0 Å². The molecular formula is C21H20N4O3S. The van der Waals surface area contributed by atoms with Crippen LogP contribution in [0.15, 0.2) is 51.1 Å². The maximum atomic E-state index is 12.8. The topological polar surface area (TPSA) is 71.1 Å². The molecule has 7 nitrogen and oxygen atoms in total. The lowest BCUT2D eigenvalue weighted by atomic mass is 10.2. The van der Waals surface area contributed by atoms with Gasteiger partial charge in [-0.05, 0) is 25.1 Å². The van der Waals surface area contributed by atoms with Crippen LogP contribution in [0.25, 0.3) is 15.9 Å². The molecule has 1 saturated heterocycles. The average Bonchev–Trinajstić information content (AvgIpc) is 3.34. The van der Waals surface area contributed by atoms with Gasteiger partial charge in [0.25, 0.3) is 11.5 Å². The Morgan fingerprint density at radius 2 is 2.00 bits per heavy atom. The number of hydrogen-bond acceptors (Lipinski definition) is 6. The minimum atomic E-state index is -0.0742. The van der Waals surface area contributed by atoms with Gasteiger partial charge in [-0.2, -0.15) is 0 Å². The number of furan rings is 1. The van der Waals surface area contributed by atoms with Gasteiger partial charge in [0.15, 0.2) is 10.7 Å². The van der Waals surface area contributed by atoms with Gasteiger partial charge in [-0.3, -0.25) is 18.9 Å². The predicted molar refractivity (Wildman–Crippen MR) is 111 cm³/mol. The first-order valence-corrected chi connectivity index (χ1v) is 10.4. The van der Waals surface area contributed by atoms with Crippen molar-refractivity contribution in [3.8, 4) is 0 Å². The summed E-state index contributed by atoms with van der Waals surface area (Å²) in [5.74, 6) is 0.312. The van der Waals surface area contributed by atoms with E-state index in [0.29, 0.717) is 30.4 Å². The molecule has 0 unspecified atom stereocenters. The minimum absolute atomic E-state index is 0.0554. The zero-order valence-electron chi connectivity index (χ0n) is 16.0. The molecule has 5 rings (SSSR count). The van der Waals surface area contributed by atoms with E-state index in [2.05, 4.69) is 9.88 Å². The van der Waals surface area contributed by atoms with Crippen LogP contribution in [0.3, 0.4) is 0 Å². The number of aryl methyl sites for hydroxylation is 1. The normalized spacial score (nSPS) is 15.4. The Labute approximate surface area is 170 Å². The molecule has 1 aliphatic rings. The highest BCUT2D eigenvalue weighted by atomic mass is 32.1. The summed E-state index contributed by atoms with van der Waals surface area (Å²) in [6, 6.07) is 9.32. The second kappa shape index (κ2) is 7.13. The molecule has 4 heterocycles. The number of nitrogens with zero attached hydrogens (tertiary/aromatic N) is 4. The minimum Gasteiger partial charge on any atom is -0.451 e. The first-order valence-electron chi connectivity index (χ1n) is 9.54. The Bertz CT molecular complexity index is 1260. The summed E-state index contributed by atoms with van der Waals surface area (Å²) in [4.78, 5) is 34.3. The largest absolute Gasteiger partial charge is 0.451 e. The zero-order chi connectivity index (χ0) is 20.0. The highest BCUT2D eigenvalue weighted by Gasteiger charge is 2.25. The third-order valence-electron chi connectivity index (χ3n) is 5.28. The van der Waals surface area contributed by atoms with E-state index in [0.717, 1.165) is 35.3 Å². The lowest BCUT2D eigenvalue weighted by molar-refractivity contribution is 0.0598. The number of hydrogen-bond donors (Lipinski definition) is 0. The summed E-state index contributed by atoms with van der Waals surface area (Å²) in [5.41, 5.74) is 2.59. The van der Waals surface area contributed by atoms with E-state index in [1.807, 2.05) is 41.5 Å². The number of piperazine rings is 1. The van der Waals surface area contributed by atoms with Gasteiger partial charge < -0.3 is 9.32 Å². The van der Waals surface area contributed by atoms with E-state index in [4.69, 9.17) is 4.42 Å². The van der Waals surface area contributed by atoms with Gasteiger partial charge in [-0.25, -0.2) is 4.98 Å². The van der Waals surface area contributed by atoms with Gasteiger partial charge in [-0.15, -0.1) is 11.3 Å². The Hall–Kier alpha value is -2.97. The highest BCUT2D eigenvalue weighted by molar-refractivity contribution is 7.15. The molecule has 1 fully saturated rings. The average molecular weight is 408 g/mol. The third-order valence-corrected chi connectivity index (χ3v) is 6.04. The van der Waals surface area contributed by atoms with Crippen molar-refractivity contribution in [2.75, 3.05) is 26.2 Å². The van der Waals surface area contributed by atoms with Crippen LogP contribution >= 0.6 is 11.3 Å². The van der Waals surface area contributed by atoms with Crippen molar-refractivity contribution >= 4 is 33.2 Å². The molecule has 1 amide bonds. The second-order valence-electron chi connectivity index (χ2n) is 7.36. The molecule has 0 bridgehead atoms. The molecule has 0 N–H and O–H groups in total. The van der Waals surface area contributed by atoms with Crippen LogP contribution in [0, 0.1) is 6.92 Å². The maximum Gasteiger partial charge on any atom is 0.289 e. The highest BCUT2D eigenvalue weighted by Crippen LogP contribution is 2.22. The Morgan fingerprint density at radius 3 is 2.83 bits per heavy atom. The Morgan fingerprint density at radius 1 is 1.17 bits per heavy atom. The molecule has 148 valence electrons. The molecule has 0 spiro atoms. The van der Waals surface area contributed by atoms with Crippen molar-refractivity contribution in [1.82, 2.24) is 19.2 Å². The molecule has 8 heteroatoms. The maximum absolute atomic E-state index is 12.8. The lowest BCUT2D eigenvalue weighted by Crippen LogP contribution is -2.48. The van der Waals surface area contributed by atoms with E-state index in [-0.39, 0.29) is 11.5 Å². The van der Waals surface area contributed by atoms with Crippen molar-refractivity contribution < 1.29 is 9.21 Å². The van der Waals surface area contributed by atoms with Crippen molar-refractivity contribution in [3.05, 3.63) is 69.3 Å². The number of carbonyl (C=O) groups excluding carboxylic acids is 1. The fourth-order valence-electron chi connectivity index (χ4n) is 3.73. The van der Waals surface area contributed by atoms with Gasteiger partial charge in [0, 0.05) is 55.8 Å². The van der Waals surface area contributed by atoms with Crippen molar-refractivity contribution in [2.45, 2.75) is 13.5 Å². The number of benzene rings is 1. The molecular weight excluding hydrogens is 388 g/mol. The van der Waals surface area contributed by atoms with Gasteiger partial charge in [-0.1, -0.05) is 11.6 Å². The van der Waals surface area contributed by atoms with E-state index < -0.39 is 0 Å². The molecule has 0 atom stereocenters. The van der Waals surface area contributed by atoms with Crippen LogP contribution < -0.4 is 5.56 Å². The van der Waals surface area contributed by atoms with E-state index in [9.17, 15) is 9.59 Å².